The first-order valence-electron chi connectivity index (χ1n) is 9.81. The number of thioether (sulfide) groups is 1. The third kappa shape index (κ3) is 5.64. The van der Waals surface area contributed by atoms with E-state index in [0.29, 0.717) is 24.0 Å². The Kier molecular flexibility index (Phi) is 6.90. The second-order valence-corrected chi connectivity index (χ2v) is 9.06. The SMILES string of the molecule is O=C(CSCc1cc(-c2cccs2)on1)N1CCCC(COc2ccccc2)C1. The number of para-hydroxylation sites is 1. The largest absolute Gasteiger partial charge is 0.493 e. The Labute approximate surface area is 179 Å². The molecule has 1 aliphatic heterocycles. The smallest absolute Gasteiger partial charge is 0.232 e. The summed E-state index contributed by atoms with van der Waals surface area (Å²) >= 11 is 3.22. The van der Waals surface area contributed by atoms with Gasteiger partial charge in [0.25, 0.3) is 0 Å². The van der Waals surface area contributed by atoms with Crippen molar-refractivity contribution in [2.45, 2.75) is 18.6 Å². The molecule has 4 rings (SSSR count). The zero-order valence-corrected chi connectivity index (χ0v) is 17.8. The van der Waals surface area contributed by atoms with Gasteiger partial charge < -0.3 is 14.2 Å². The number of carbonyl (C=O) groups excluding carboxylic acids is 1. The number of ether oxygens (including phenoxy) is 1. The normalized spacial score (nSPS) is 16.7. The topological polar surface area (TPSA) is 55.6 Å². The predicted molar refractivity (Wildman–Crippen MR) is 117 cm³/mol. The Bertz CT molecular complexity index is 896. The number of hydrogen-bond donors (Lipinski definition) is 0. The van der Waals surface area contributed by atoms with Crippen LogP contribution in [0.5, 0.6) is 5.75 Å². The second-order valence-electron chi connectivity index (χ2n) is 7.12. The standard InChI is InChI=1S/C22H24N2O3S2/c25-22(16-28-15-18-12-20(27-23-18)21-9-5-11-29-21)24-10-4-6-17(13-24)14-26-19-7-2-1-3-8-19/h1-3,5,7-9,11-12,17H,4,6,10,13-16H2. The average Bonchev–Trinajstić information content (AvgIpc) is 3.45. The summed E-state index contributed by atoms with van der Waals surface area (Å²) in [5, 5.41) is 6.13. The highest BCUT2D eigenvalue weighted by Crippen LogP contribution is 2.26. The first-order chi connectivity index (χ1) is 14.3. The third-order valence-electron chi connectivity index (χ3n) is 4.90. The molecule has 0 aliphatic carbocycles. The van der Waals surface area contributed by atoms with E-state index in [-0.39, 0.29) is 5.91 Å². The van der Waals surface area contributed by atoms with Crippen LogP contribution in [0.1, 0.15) is 18.5 Å². The maximum atomic E-state index is 12.6. The van der Waals surface area contributed by atoms with Crippen LogP contribution in [0.2, 0.25) is 0 Å². The second kappa shape index (κ2) is 9.98. The molecule has 3 heterocycles. The molecule has 7 heteroatoms. The minimum atomic E-state index is 0.196. The number of nitrogens with zero attached hydrogens (tertiary/aromatic N) is 2. The van der Waals surface area contributed by atoms with Gasteiger partial charge in [-0.1, -0.05) is 29.4 Å². The zero-order valence-electron chi connectivity index (χ0n) is 16.2. The molecular formula is C22H24N2O3S2. The van der Waals surface area contributed by atoms with E-state index in [1.807, 2.05) is 58.8 Å². The van der Waals surface area contributed by atoms with Crippen molar-refractivity contribution in [1.29, 1.82) is 0 Å². The van der Waals surface area contributed by atoms with Crippen molar-refractivity contribution in [2.24, 2.45) is 5.92 Å². The molecule has 29 heavy (non-hydrogen) atoms. The van der Waals surface area contributed by atoms with Crippen LogP contribution in [0.3, 0.4) is 0 Å². The van der Waals surface area contributed by atoms with Crippen molar-refractivity contribution in [3.63, 3.8) is 0 Å². The molecule has 0 N–H and O–H groups in total. The molecule has 0 spiro atoms. The molecule has 0 radical (unpaired) electrons. The molecule has 5 nitrogen and oxygen atoms in total. The summed E-state index contributed by atoms with van der Waals surface area (Å²) in [7, 11) is 0. The van der Waals surface area contributed by atoms with Gasteiger partial charge in [0.15, 0.2) is 5.76 Å². The number of thiophene rings is 1. The number of likely N-dealkylation sites (tertiary alicyclic amines) is 1. The number of hydrogen-bond acceptors (Lipinski definition) is 6. The first kappa shape index (κ1) is 20.0. The van der Waals surface area contributed by atoms with Crippen LogP contribution < -0.4 is 4.74 Å². The number of carbonyl (C=O) groups is 1. The van der Waals surface area contributed by atoms with Crippen LogP contribution >= 0.6 is 23.1 Å². The van der Waals surface area contributed by atoms with Crippen LogP contribution in [-0.4, -0.2) is 41.4 Å². The van der Waals surface area contributed by atoms with Crippen LogP contribution in [0.15, 0.2) is 58.4 Å². The maximum absolute atomic E-state index is 12.6. The molecule has 1 aromatic carbocycles. The monoisotopic (exact) mass is 428 g/mol. The van der Waals surface area contributed by atoms with E-state index in [1.165, 1.54) is 0 Å². The number of rotatable bonds is 8. The lowest BCUT2D eigenvalue weighted by molar-refractivity contribution is -0.130. The van der Waals surface area contributed by atoms with Crippen LogP contribution in [0.25, 0.3) is 10.6 Å². The number of amides is 1. The van der Waals surface area contributed by atoms with Crippen molar-refractivity contribution in [2.75, 3.05) is 25.4 Å². The Balaban J connectivity index is 1.20. The fraction of sp³-hybridized carbons (Fsp3) is 0.364. The summed E-state index contributed by atoms with van der Waals surface area (Å²) < 4.78 is 11.3. The summed E-state index contributed by atoms with van der Waals surface area (Å²) in [6, 6.07) is 15.8. The Morgan fingerprint density at radius 2 is 2.17 bits per heavy atom. The van der Waals surface area contributed by atoms with E-state index < -0.39 is 0 Å². The summed E-state index contributed by atoms with van der Waals surface area (Å²) in [6.45, 7) is 2.28. The fourth-order valence-electron chi connectivity index (χ4n) is 3.41. The Hall–Kier alpha value is -2.25. The van der Waals surface area contributed by atoms with E-state index >= 15 is 0 Å². The molecule has 1 fully saturated rings. The van der Waals surface area contributed by atoms with E-state index in [9.17, 15) is 4.79 Å². The quantitative estimate of drug-likeness (QED) is 0.508. The summed E-state index contributed by atoms with van der Waals surface area (Å²) in [5.41, 5.74) is 0.874. The lowest BCUT2D eigenvalue weighted by Gasteiger charge is -2.32. The van der Waals surface area contributed by atoms with Crippen molar-refractivity contribution in [3.8, 4) is 16.4 Å². The van der Waals surface area contributed by atoms with Crippen LogP contribution in [-0.2, 0) is 10.5 Å². The molecule has 1 saturated heterocycles. The highest BCUT2D eigenvalue weighted by molar-refractivity contribution is 7.99. The Morgan fingerprint density at radius 1 is 1.28 bits per heavy atom. The van der Waals surface area contributed by atoms with Gasteiger partial charge >= 0.3 is 0 Å². The minimum Gasteiger partial charge on any atom is -0.493 e. The maximum Gasteiger partial charge on any atom is 0.232 e. The fourth-order valence-corrected chi connectivity index (χ4v) is 4.89. The lowest BCUT2D eigenvalue weighted by atomic mass is 9.99. The van der Waals surface area contributed by atoms with E-state index in [1.54, 1.807) is 23.1 Å². The van der Waals surface area contributed by atoms with E-state index in [0.717, 1.165) is 48.0 Å². The minimum absolute atomic E-state index is 0.196. The molecule has 3 aromatic rings. The van der Waals surface area contributed by atoms with Crippen molar-refractivity contribution in [1.82, 2.24) is 10.1 Å². The van der Waals surface area contributed by atoms with Gasteiger partial charge in [0.1, 0.15) is 5.75 Å². The summed E-state index contributed by atoms with van der Waals surface area (Å²) in [4.78, 5) is 15.7. The third-order valence-corrected chi connectivity index (χ3v) is 6.73. The van der Waals surface area contributed by atoms with Gasteiger partial charge in [-0.25, -0.2) is 0 Å². The van der Waals surface area contributed by atoms with Crippen LogP contribution in [0, 0.1) is 5.92 Å². The zero-order chi connectivity index (χ0) is 19.9. The van der Waals surface area contributed by atoms with Gasteiger partial charge in [0, 0.05) is 30.8 Å². The molecule has 1 atom stereocenters. The molecule has 1 aliphatic rings. The number of aromatic nitrogens is 1. The van der Waals surface area contributed by atoms with E-state index in [4.69, 9.17) is 9.26 Å². The van der Waals surface area contributed by atoms with E-state index in [2.05, 4.69) is 5.16 Å². The molecule has 2 aromatic heterocycles. The Morgan fingerprint density at radius 3 is 3.00 bits per heavy atom. The van der Waals surface area contributed by atoms with Gasteiger partial charge in [0.05, 0.1) is 22.9 Å². The molecular weight excluding hydrogens is 404 g/mol. The van der Waals surface area contributed by atoms with Crippen molar-refractivity contribution < 1.29 is 14.1 Å². The molecule has 1 amide bonds. The summed E-state index contributed by atoms with van der Waals surface area (Å²) in [6.07, 6.45) is 2.14. The number of piperidine rings is 1. The van der Waals surface area contributed by atoms with Gasteiger partial charge in [-0.05, 0) is 36.4 Å². The highest BCUT2D eigenvalue weighted by atomic mass is 32.2. The van der Waals surface area contributed by atoms with Gasteiger partial charge in [-0.15, -0.1) is 23.1 Å². The highest BCUT2D eigenvalue weighted by Gasteiger charge is 2.24. The predicted octanol–water partition coefficient (Wildman–Crippen LogP) is 4.95. The van der Waals surface area contributed by atoms with Gasteiger partial charge in [0.2, 0.25) is 5.91 Å². The molecule has 1 unspecified atom stereocenters. The molecule has 0 bridgehead atoms. The molecule has 0 saturated carbocycles. The van der Waals surface area contributed by atoms with Gasteiger partial charge in [-0.3, -0.25) is 4.79 Å². The number of benzene rings is 1. The molecule has 152 valence electrons. The lowest BCUT2D eigenvalue weighted by Crippen LogP contribution is -2.42. The van der Waals surface area contributed by atoms with Gasteiger partial charge in [-0.2, -0.15) is 0 Å². The average molecular weight is 429 g/mol. The van der Waals surface area contributed by atoms with Crippen LogP contribution in [0.4, 0.5) is 0 Å². The van der Waals surface area contributed by atoms with Crippen molar-refractivity contribution in [3.05, 3.63) is 59.6 Å². The first-order valence-corrected chi connectivity index (χ1v) is 11.8. The summed E-state index contributed by atoms with van der Waals surface area (Å²) in [5.74, 6) is 3.41. The van der Waals surface area contributed by atoms with Crippen molar-refractivity contribution >= 4 is 29.0 Å².